The SMILES string of the molecule is Cc1oc(=O)oc1COC(=O)/C(=C/C1CCCCC1)CP(=O)(O)CC(C)C. The molecule has 2 rings (SSSR count). The minimum Gasteiger partial charge on any atom is -0.454 e. The highest BCUT2D eigenvalue weighted by Gasteiger charge is 2.27. The second-order valence-electron chi connectivity index (χ2n) is 7.68. The quantitative estimate of drug-likeness (QED) is 0.399. The summed E-state index contributed by atoms with van der Waals surface area (Å²) in [5.41, 5.74) is 0.233. The summed E-state index contributed by atoms with van der Waals surface area (Å²) in [6.07, 6.45) is 7.04. The molecule has 1 N–H and O–H groups in total. The minimum absolute atomic E-state index is 0.0515. The number of hydrogen-bond donors (Lipinski definition) is 1. The van der Waals surface area contributed by atoms with E-state index in [-0.39, 0.29) is 47.9 Å². The molecule has 0 aromatic carbocycles. The van der Waals surface area contributed by atoms with Gasteiger partial charge < -0.3 is 18.5 Å². The van der Waals surface area contributed by atoms with Gasteiger partial charge in [0.05, 0.1) is 6.16 Å². The molecule has 1 aliphatic carbocycles. The molecule has 152 valence electrons. The highest BCUT2D eigenvalue weighted by Crippen LogP contribution is 2.45. The fourth-order valence-corrected chi connectivity index (χ4v) is 5.44. The molecular weight excluding hydrogens is 371 g/mol. The average molecular weight is 400 g/mol. The van der Waals surface area contributed by atoms with Crippen LogP contribution >= 0.6 is 7.37 Å². The lowest BCUT2D eigenvalue weighted by molar-refractivity contribution is -0.140. The summed E-state index contributed by atoms with van der Waals surface area (Å²) < 4.78 is 27.4. The van der Waals surface area contributed by atoms with Crippen LogP contribution in [0.1, 0.15) is 57.5 Å². The Morgan fingerprint density at radius 2 is 1.96 bits per heavy atom. The topological polar surface area (TPSA) is 107 Å². The smallest absolute Gasteiger partial charge is 0.454 e. The van der Waals surface area contributed by atoms with Gasteiger partial charge in [0.25, 0.3) is 0 Å². The Labute approximate surface area is 159 Å². The molecule has 0 saturated heterocycles. The zero-order chi connectivity index (χ0) is 20.0. The van der Waals surface area contributed by atoms with Gasteiger partial charge in [-0.2, -0.15) is 0 Å². The average Bonchev–Trinajstić information content (AvgIpc) is 2.89. The van der Waals surface area contributed by atoms with Crippen LogP contribution in [0.3, 0.4) is 0 Å². The van der Waals surface area contributed by atoms with Crippen molar-refractivity contribution in [2.24, 2.45) is 11.8 Å². The van der Waals surface area contributed by atoms with Crippen molar-refractivity contribution in [3.05, 3.63) is 33.8 Å². The first kappa shape index (κ1) is 21.7. The van der Waals surface area contributed by atoms with Crippen LogP contribution in [0, 0.1) is 18.8 Å². The maximum absolute atomic E-state index is 12.6. The zero-order valence-corrected chi connectivity index (χ0v) is 17.1. The number of ether oxygens (including phenoxy) is 1. The van der Waals surface area contributed by atoms with Gasteiger partial charge >= 0.3 is 11.8 Å². The molecule has 0 aliphatic heterocycles. The first-order valence-corrected chi connectivity index (χ1v) is 11.5. The lowest BCUT2D eigenvalue weighted by Gasteiger charge is -2.21. The Morgan fingerprint density at radius 3 is 2.52 bits per heavy atom. The van der Waals surface area contributed by atoms with Crippen LogP contribution in [0.4, 0.5) is 0 Å². The van der Waals surface area contributed by atoms with Crippen molar-refractivity contribution in [2.45, 2.75) is 59.5 Å². The van der Waals surface area contributed by atoms with Crippen LogP contribution in [0.5, 0.6) is 0 Å². The molecule has 27 heavy (non-hydrogen) atoms. The monoisotopic (exact) mass is 400 g/mol. The van der Waals surface area contributed by atoms with Gasteiger partial charge in [-0.1, -0.05) is 39.2 Å². The van der Waals surface area contributed by atoms with Crippen LogP contribution in [0.25, 0.3) is 0 Å². The summed E-state index contributed by atoms with van der Waals surface area (Å²) in [6, 6.07) is 0. The first-order valence-electron chi connectivity index (χ1n) is 9.44. The van der Waals surface area contributed by atoms with E-state index in [1.54, 1.807) is 0 Å². The molecule has 1 aliphatic rings. The molecule has 1 aromatic rings. The first-order chi connectivity index (χ1) is 12.7. The fourth-order valence-electron chi connectivity index (χ4n) is 3.40. The van der Waals surface area contributed by atoms with Crippen LogP contribution in [-0.4, -0.2) is 23.2 Å². The van der Waals surface area contributed by atoms with Crippen molar-refractivity contribution in [1.82, 2.24) is 0 Å². The highest BCUT2D eigenvalue weighted by molar-refractivity contribution is 7.58. The van der Waals surface area contributed by atoms with Gasteiger partial charge in [0, 0.05) is 11.7 Å². The predicted octanol–water partition coefficient (Wildman–Crippen LogP) is 4.02. The number of aryl methyl sites for hydroxylation is 1. The molecule has 1 saturated carbocycles. The van der Waals surface area contributed by atoms with Gasteiger partial charge in [0.1, 0.15) is 0 Å². The molecular formula is C19H29O7P. The van der Waals surface area contributed by atoms with E-state index in [9.17, 15) is 19.0 Å². The van der Waals surface area contributed by atoms with Crippen LogP contribution in [-0.2, 0) is 20.7 Å². The number of esters is 1. The summed E-state index contributed by atoms with van der Waals surface area (Å²) in [5, 5.41) is 0. The van der Waals surface area contributed by atoms with Gasteiger partial charge in [-0.15, -0.1) is 0 Å². The molecule has 7 nitrogen and oxygen atoms in total. The second kappa shape index (κ2) is 9.56. The van der Waals surface area contributed by atoms with Gasteiger partial charge in [-0.05, 0) is 31.6 Å². The number of rotatable bonds is 8. The van der Waals surface area contributed by atoms with Gasteiger partial charge in [-0.25, -0.2) is 9.59 Å². The molecule has 1 aromatic heterocycles. The van der Waals surface area contributed by atoms with Gasteiger partial charge in [0.2, 0.25) is 7.37 Å². The molecule has 1 unspecified atom stereocenters. The molecule has 1 atom stereocenters. The van der Waals surface area contributed by atoms with E-state index in [4.69, 9.17) is 13.6 Å². The van der Waals surface area contributed by atoms with Gasteiger partial charge in [-0.3, -0.25) is 4.57 Å². The van der Waals surface area contributed by atoms with E-state index in [2.05, 4.69) is 0 Å². The van der Waals surface area contributed by atoms with Crippen LogP contribution in [0.2, 0.25) is 0 Å². The van der Waals surface area contributed by atoms with E-state index in [0.29, 0.717) is 0 Å². The third-order valence-corrected chi connectivity index (χ3v) is 6.72. The van der Waals surface area contributed by atoms with Gasteiger partial charge in [0.15, 0.2) is 18.1 Å². The normalized spacial score (nSPS) is 18.5. The maximum atomic E-state index is 12.6. The summed E-state index contributed by atoms with van der Waals surface area (Å²) in [5.74, 6) is -0.849. The van der Waals surface area contributed by atoms with Crippen molar-refractivity contribution in [2.75, 3.05) is 12.3 Å². The number of carbonyl (C=O) groups excluding carboxylic acids is 1. The fraction of sp³-hybridized carbons (Fsp3) is 0.684. The number of hydrogen-bond acceptors (Lipinski definition) is 6. The van der Waals surface area contributed by atoms with Crippen LogP contribution < -0.4 is 5.82 Å². The molecule has 0 spiro atoms. The molecule has 1 fully saturated rings. The Morgan fingerprint density at radius 1 is 1.30 bits per heavy atom. The summed E-state index contributed by atoms with van der Waals surface area (Å²) in [4.78, 5) is 34.0. The standard InChI is InChI=1S/C19H29O7P/c1-13(2)11-27(22,23)12-16(9-15-7-5-4-6-8-15)18(20)24-10-17-14(3)25-19(21)26-17/h9,13,15H,4-8,10-12H2,1-3H3,(H,22,23)/b16-9+. The second-order valence-corrected chi connectivity index (χ2v) is 10.1. The number of carbonyl (C=O) groups is 1. The predicted molar refractivity (Wildman–Crippen MR) is 101 cm³/mol. The largest absolute Gasteiger partial charge is 0.519 e. The molecule has 0 amide bonds. The Hall–Kier alpha value is -1.59. The van der Waals surface area contributed by atoms with Crippen molar-refractivity contribution >= 4 is 13.3 Å². The van der Waals surface area contributed by atoms with E-state index < -0.39 is 19.2 Å². The van der Waals surface area contributed by atoms with Crippen molar-refractivity contribution in [3.8, 4) is 0 Å². The van der Waals surface area contributed by atoms with E-state index >= 15 is 0 Å². The molecule has 0 bridgehead atoms. The maximum Gasteiger partial charge on any atom is 0.519 e. The number of allylic oxidation sites excluding steroid dienone is 1. The van der Waals surface area contributed by atoms with E-state index in [1.165, 1.54) is 13.3 Å². The Balaban J connectivity index is 2.13. The zero-order valence-electron chi connectivity index (χ0n) is 16.2. The van der Waals surface area contributed by atoms with E-state index in [0.717, 1.165) is 25.7 Å². The third kappa shape index (κ3) is 7.15. The summed E-state index contributed by atoms with van der Waals surface area (Å²) in [6.45, 7) is 5.03. The van der Waals surface area contributed by atoms with Crippen molar-refractivity contribution < 1.29 is 27.8 Å². The van der Waals surface area contributed by atoms with Crippen molar-refractivity contribution in [3.63, 3.8) is 0 Å². The highest BCUT2D eigenvalue weighted by atomic mass is 31.2. The lowest BCUT2D eigenvalue weighted by atomic mass is 9.88. The Kier molecular flexibility index (Phi) is 7.68. The third-order valence-electron chi connectivity index (χ3n) is 4.59. The minimum atomic E-state index is -3.49. The van der Waals surface area contributed by atoms with E-state index in [1.807, 2.05) is 19.9 Å². The van der Waals surface area contributed by atoms with Crippen LogP contribution in [0.15, 0.2) is 25.3 Å². The van der Waals surface area contributed by atoms with Crippen molar-refractivity contribution in [1.29, 1.82) is 0 Å². The lowest BCUT2D eigenvalue weighted by Crippen LogP contribution is -2.16. The Bertz CT molecular complexity index is 765. The molecule has 8 heteroatoms. The molecule has 1 heterocycles. The summed E-state index contributed by atoms with van der Waals surface area (Å²) in [7, 11) is -3.49. The summed E-state index contributed by atoms with van der Waals surface area (Å²) >= 11 is 0. The molecule has 0 radical (unpaired) electrons.